The topological polar surface area (TPSA) is 69.0 Å². The number of carbonyl (C=O) groups excluding carboxylic acids is 1. The van der Waals surface area contributed by atoms with Crippen LogP contribution in [0.2, 0.25) is 0 Å². The molecule has 0 bridgehead atoms. The second-order valence-electron chi connectivity index (χ2n) is 6.64. The number of nitrogens with zero attached hydrogens (tertiary/aromatic N) is 3. The van der Waals surface area contributed by atoms with Crippen LogP contribution in [0.1, 0.15) is 50.9 Å². The van der Waals surface area contributed by atoms with Gasteiger partial charge in [0, 0.05) is 6.04 Å². The minimum Gasteiger partial charge on any atom is -0.495 e. The molecule has 0 spiro atoms. The maximum Gasteiger partial charge on any atom is 0.237 e. The lowest BCUT2D eigenvalue weighted by atomic mass is 9.95. The number of amides is 1. The van der Waals surface area contributed by atoms with E-state index in [2.05, 4.69) is 20.1 Å². The fourth-order valence-corrected chi connectivity index (χ4v) is 4.35. The average molecular weight is 375 g/mol. The zero-order valence-electron chi connectivity index (χ0n) is 15.6. The molecule has 0 aliphatic heterocycles. The molecule has 3 rings (SSSR count). The molecule has 1 N–H and O–H groups in total. The van der Waals surface area contributed by atoms with Gasteiger partial charge in [0.25, 0.3) is 0 Å². The molecule has 0 unspecified atom stereocenters. The molecule has 1 amide bonds. The van der Waals surface area contributed by atoms with Crippen molar-refractivity contribution in [2.75, 3.05) is 12.4 Å². The van der Waals surface area contributed by atoms with Gasteiger partial charge in [-0.15, -0.1) is 10.2 Å². The number of benzene rings is 1. The molecule has 0 radical (unpaired) electrons. The lowest BCUT2D eigenvalue weighted by Crippen LogP contribution is -2.24. The van der Waals surface area contributed by atoms with Gasteiger partial charge in [-0.3, -0.25) is 4.79 Å². The number of hydrogen-bond acceptors (Lipinski definition) is 5. The van der Waals surface area contributed by atoms with Gasteiger partial charge in [0.15, 0.2) is 5.16 Å². The van der Waals surface area contributed by atoms with E-state index in [1.807, 2.05) is 38.1 Å². The molecule has 1 aromatic heterocycles. The van der Waals surface area contributed by atoms with E-state index in [4.69, 9.17) is 4.74 Å². The first-order valence-corrected chi connectivity index (χ1v) is 10.00. The van der Waals surface area contributed by atoms with Crippen LogP contribution in [0.4, 0.5) is 5.69 Å². The van der Waals surface area contributed by atoms with Crippen LogP contribution in [0.3, 0.4) is 0 Å². The molecule has 1 atom stereocenters. The van der Waals surface area contributed by atoms with Crippen molar-refractivity contribution in [2.45, 2.75) is 62.4 Å². The van der Waals surface area contributed by atoms with E-state index in [-0.39, 0.29) is 11.2 Å². The Kier molecular flexibility index (Phi) is 6.19. The van der Waals surface area contributed by atoms with Gasteiger partial charge in [-0.05, 0) is 38.8 Å². The van der Waals surface area contributed by atoms with Gasteiger partial charge < -0.3 is 14.6 Å². The van der Waals surface area contributed by atoms with Crippen molar-refractivity contribution in [1.29, 1.82) is 0 Å². The van der Waals surface area contributed by atoms with Crippen molar-refractivity contribution in [1.82, 2.24) is 14.8 Å². The minimum atomic E-state index is -0.286. The van der Waals surface area contributed by atoms with Gasteiger partial charge >= 0.3 is 0 Å². The van der Waals surface area contributed by atoms with E-state index < -0.39 is 0 Å². The van der Waals surface area contributed by atoms with Gasteiger partial charge in [0.2, 0.25) is 5.91 Å². The fraction of sp³-hybridized carbons (Fsp3) is 0.526. The molecule has 26 heavy (non-hydrogen) atoms. The fourth-order valence-electron chi connectivity index (χ4n) is 3.38. The zero-order chi connectivity index (χ0) is 18.5. The maximum absolute atomic E-state index is 12.6. The van der Waals surface area contributed by atoms with Crippen LogP contribution in [0.25, 0.3) is 0 Å². The standard InChI is InChI=1S/C19H26N4O2S/c1-13(18(24)20-16-11-7-8-12-17(16)25-3)26-19-22-21-14(2)23(19)15-9-5-4-6-10-15/h7-8,11-13,15H,4-6,9-10H2,1-3H3,(H,20,24)/t13-/m0/s1. The molecule has 1 aromatic carbocycles. The molecular formula is C19H26N4O2S. The first kappa shape index (κ1) is 18.8. The van der Waals surface area contributed by atoms with Crippen molar-refractivity contribution in [3.63, 3.8) is 0 Å². The number of thioether (sulfide) groups is 1. The van der Waals surface area contributed by atoms with Crippen molar-refractivity contribution in [2.24, 2.45) is 0 Å². The third-order valence-electron chi connectivity index (χ3n) is 4.79. The van der Waals surface area contributed by atoms with Crippen molar-refractivity contribution in [3.05, 3.63) is 30.1 Å². The number of anilines is 1. The quantitative estimate of drug-likeness (QED) is 0.767. The lowest BCUT2D eigenvalue weighted by Gasteiger charge is -2.25. The second-order valence-corrected chi connectivity index (χ2v) is 7.95. The third-order valence-corrected chi connectivity index (χ3v) is 5.85. The number of nitrogens with one attached hydrogen (secondary N) is 1. The molecule has 1 fully saturated rings. The van der Waals surface area contributed by atoms with Gasteiger partial charge in [-0.1, -0.05) is 43.2 Å². The number of aromatic nitrogens is 3. The molecule has 0 saturated heterocycles. The predicted octanol–water partition coefficient (Wildman–Crippen LogP) is 4.22. The number of methoxy groups -OCH3 is 1. The Labute approximate surface area is 158 Å². The Hall–Kier alpha value is -2.02. The van der Waals surface area contributed by atoms with Gasteiger partial charge in [-0.25, -0.2) is 0 Å². The summed E-state index contributed by atoms with van der Waals surface area (Å²) >= 11 is 1.46. The second kappa shape index (κ2) is 8.58. The third kappa shape index (κ3) is 4.20. The van der Waals surface area contributed by atoms with E-state index in [0.717, 1.165) is 23.8 Å². The minimum absolute atomic E-state index is 0.0738. The molecule has 7 heteroatoms. The summed E-state index contributed by atoms with van der Waals surface area (Å²) in [5, 5.41) is 12.1. The van der Waals surface area contributed by atoms with E-state index in [0.29, 0.717) is 17.5 Å². The van der Waals surface area contributed by atoms with Crippen molar-refractivity contribution < 1.29 is 9.53 Å². The molecule has 1 saturated carbocycles. The maximum atomic E-state index is 12.6. The highest BCUT2D eigenvalue weighted by Gasteiger charge is 2.24. The highest BCUT2D eigenvalue weighted by molar-refractivity contribution is 8.00. The SMILES string of the molecule is COc1ccccc1NC(=O)[C@H](C)Sc1nnc(C)n1C1CCCCC1. The Balaban J connectivity index is 1.69. The number of hydrogen-bond donors (Lipinski definition) is 1. The Morgan fingerprint density at radius 1 is 1.27 bits per heavy atom. The molecule has 2 aromatic rings. The van der Waals surface area contributed by atoms with E-state index in [9.17, 15) is 4.79 Å². The average Bonchev–Trinajstić information content (AvgIpc) is 3.03. The molecule has 1 heterocycles. The van der Waals surface area contributed by atoms with Crippen LogP contribution in [0, 0.1) is 6.92 Å². The van der Waals surface area contributed by atoms with Crippen molar-refractivity contribution >= 4 is 23.4 Å². The normalized spacial score (nSPS) is 16.3. The van der Waals surface area contributed by atoms with Crippen LogP contribution >= 0.6 is 11.8 Å². The Morgan fingerprint density at radius 3 is 2.73 bits per heavy atom. The largest absolute Gasteiger partial charge is 0.495 e. The number of ether oxygens (including phenoxy) is 1. The summed E-state index contributed by atoms with van der Waals surface area (Å²) in [4.78, 5) is 12.6. The van der Waals surface area contributed by atoms with Gasteiger partial charge in [0.05, 0.1) is 18.0 Å². The molecule has 6 nitrogen and oxygen atoms in total. The van der Waals surface area contributed by atoms with E-state index in [1.165, 1.54) is 31.0 Å². The van der Waals surface area contributed by atoms with Crippen LogP contribution < -0.4 is 10.1 Å². The summed E-state index contributed by atoms with van der Waals surface area (Å²) in [6, 6.07) is 7.87. The summed E-state index contributed by atoms with van der Waals surface area (Å²) in [6.45, 7) is 3.88. The molecule has 140 valence electrons. The molecule has 1 aliphatic rings. The van der Waals surface area contributed by atoms with E-state index in [1.54, 1.807) is 7.11 Å². The Bertz CT molecular complexity index is 756. The summed E-state index contributed by atoms with van der Waals surface area (Å²) in [6.07, 6.45) is 6.12. The number of rotatable bonds is 6. The zero-order valence-corrected chi connectivity index (χ0v) is 16.4. The van der Waals surface area contributed by atoms with Gasteiger partial charge in [0.1, 0.15) is 11.6 Å². The lowest BCUT2D eigenvalue weighted by molar-refractivity contribution is -0.115. The van der Waals surface area contributed by atoms with Crippen molar-refractivity contribution in [3.8, 4) is 5.75 Å². The molecule has 1 aliphatic carbocycles. The first-order valence-electron chi connectivity index (χ1n) is 9.12. The van der Waals surface area contributed by atoms with E-state index >= 15 is 0 Å². The number of para-hydroxylation sites is 2. The Morgan fingerprint density at radius 2 is 2.00 bits per heavy atom. The summed E-state index contributed by atoms with van der Waals surface area (Å²) in [5.74, 6) is 1.51. The van der Waals surface area contributed by atoms with Gasteiger partial charge in [-0.2, -0.15) is 0 Å². The number of aryl methyl sites for hydroxylation is 1. The van der Waals surface area contributed by atoms with Crippen LogP contribution in [0.5, 0.6) is 5.75 Å². The summed E-state index contributed by atoms with van der Waals surface area (Å²) < 4.78 is 7.52. The van der Waals surface area contributed by atoms with Crippen LogP contribution in [0.15, 0.2) is 29.4 Å². The summed E-state index contributed by atoms with van der Waals surface area (Å²) in [7, 11) is 1.60. The molecular weight excluding hydrogens is 348 g/mol. The highest BCUT2D eigenvalue weighted by Crippen LogP contribution is 2.34. The predicted molar refractivity (Wildman–Crippen MR) is 104 cm³/mol. The van der Waals surface area contributed by atoms with Crippen LogP contribution in [-0.2, 0) is 4.79 Å². The highest BCUT2D eigenvalue weighted by atomic mass is 32.2. The number of carbonyl (C=O) groups is 1. The summed E-state index contributed by atoms with van der Waals surface area (Å²) in [5.41, 5.74) is 0.678. The first-order chi connectivity index (χ1) is 12.6. The monoisotopic (exact) mass is 374 g/mol. The van der Waals surface area contributed by atoms with Crippen LogP contribution in [-0.4, -0.2) is 33.0 Å². The smallest absolute Gasteiger partial charge is 0.237 e.